The summed E-state index contributed by atoms with van der Waals surface area (Å²) in [5.41, 5.74) is 4.50. The number of hydrogen-bond donors (Lipinski definition) is 1. The first-order valence-corrected chi connectivity index (χ1v) is 4.46. The molecule has 2 nitrogen and oxygen atoms in total. The molecule has 1 aromatic rings. The van der Waals surface area contributed by atoms with Gasteiger partial charge in [-0.15, -0.1) is 12.4 Å². The quantitative estimate of drug-likeness (QED) is 0.859. The molecular weight excluding hydrogens is 262 g/mol. The van der Waals surface area contributed by atoms with Gasteiger partial charge in [-0.1, -0.05) is 0 Å². The molecule has 1 aromatic carbocycles. The first kappa shape index (κ1) is 16.0. The standard InChI is InChI=1S/C10H11F4NO.ClH/c1-16-8-3-6(9(15)5-11)2-7(4-8)10(12,13)14;/h2-4,9H,5,15H2,1H3;1H/t9-;/m0./s1. The van der Waals surface area contributed by atoms with E-state index < -0.39 is 24.5 Å². The van der Waals surface area contributed by atoms with Crippen molar-refractivity contribution in [1.82, 2.24) is 0 Å². The Kier molecular flexibility index (Phi) is 5.71. The first-order valence-electron chi connectivity index (χ1n) is 4.46. The molecule has 0 bridgehead atoms. The zero-order valence-electron chi connectivity index (χ0n) is 8.92. The van der Waals surface area contributed by atoms with E-state index in [4.69, 9.17) is 10.5 Å². The third-order valence-electron chi connectivity index (χ3n) is 2.09. The molecule has 1 atom stereocenters. The summed E-state index contributed by atoms with van der Waals surface area (Å²) in [7, 11) is 1.24. The average molecular weight is 274 g/mol. The summed E-state index contributed by atoms with van der Waals surface area (Å²) in [6.45, 7) is -0.926. The van der Waals surface area contributed by atoms with Gasteiger partial charge in [-0.2, -0.15) is 13.2 Å². The smallest absolute Gasteiger partial charge is 0.416 e. The Morgan fingerprint density at radius 1 is 1.29 bits per heavy atom. The molecular formula is C10H12ClF4NO. The van der Waals surface area contributed by atoms with Crippen LogP contribution in [0.25, 0.3) is 0 Å². The lowest BCUT2D eigenvalue weighted by atomic mass is 10.0. The van der Waals surface area contributed by atoms with Crippen LogP contribution < -0.4 is 10.5 Å². The summed E-state index contributed by atoms with van der Waals surface area (Å²) in [5.74, 6) is 0.00808. The van der Waals surface area contributed by atoms with Crippen molar-refractivity contribution in [3.63, 3.8) is 0 Å². The van der Waals surface area contributed by atoms with Gasteiger partial charge in [0, 0.05) is 0 Å². The number of ether oxygens (including phenoxy) is 1. The Morgan fingerprint density at radius 2 is 1.88 bits per heavy atom. The molecule has 0 aromatic heterocycles. The highest BCUT2D eigenvalue weighted by atomic mass is 35.5. The van der Waals surface area contributed by atoms with E-state index in [1.54, 1.807) is 0 Å². The van der Waals surface area contributed by atoms with Crippen LogP contribution in [0.15, 0.2) is 18.2 Å². The van der Waals surface area contributed by atoms with Crippen LogP contribution in [0.5, 0.6) is 5.75 Å². The van der Waals surface area contributed by atoms with Gasteiger partial charge in [0.2, 0.25) is 0 Å². The lowest BCUT2D eigenvalue weighted by molar-refractivity contribution is -0.137. The number of alkyl halides is 4. The fraction of sp³-hybridized carbons (Fsp3) is 0.400. The highest BCUT2D eigenvalue weighted by Crippen LogP contribution is 2.33. The highest BCUT2D eigenvalue weighted by molar-refractivity contribution is 5.85. The van der Waals surface area contributed by atoms with Crippen molar-refractivity contribution < 1.29 is 22.3 Å². The number of rotatable bonds is 3. The normalized spacial score (nSPS) is 12.8. The number of benzene rings is 1. The summed E-state index contributed by atoms with van der Waals surface area (Å²) < 4.78 is 54.4. The van der Waals surface area contributed by atoms with Crippen LogP contribution in [-0.4, -0.2) is 13.8 Å². The second-order valence-electron chi connectivity index (χ2n) is 3.25. The number of methoxy groups -OCH3 is 1. The molecule has 98 valence electrons. The first-order chi connectivity index (χ1) is 7.38. The van der Waals surface area contributed by atoms with E-state index >= 15 is 0 Å². The van der Waals surface area contributed by atoms with E-state index in [0.29, 0.717) is 0 Å². The van der Waals surface area contributed by atoms with Crippen molar-refractivity contribution in [3.05, 3.63) is 29.3 Å². The zero-order chi connectivity index (χ0) is 12.3. The van der Waals surface area contributed by atoms with Gasteiger partial charge in [-0.3, -0.25) is 0 Å². The van der Waals surface area contributed by atoms with E-state index in [2.05, 4.69) is 0 Å². The monoisotopic (exact) mass is 273 g/mol. The minimum atomic E-state index is -4.50. The van der Waals surface area contributed by atoms with Crippen LogP contribution in [0.3, 0.4) is 0 Å². The van der Waals surface area contributed by atoms with Gasteiger partial charge in [-0.05, 0) is 23.8 Å². The van der Waals surface area contributed by atoms with Crippen molar-refractivity contribution in [1.29, 1.82) is 0 Å². The molecule has 7 heteroatoms. The van der Waals surface area contributed by atoms with Crippen molar-refractivity contribution in [3.8, 4) is 5.75 Å². The Hall–Kier alpha value is -1.01. The molecule has 0 heterocycles. The second kappa shape index (κ2) is 6.07. The maximum atomic E-state index is 12.5. The van der Waals surface area contributed by atoms with E-state index in [1.807, 2.05) is 0 Å². The van der Waals surface area contributed by atoms with Crippen LogP contribution in [0.2, 0.25) is 0 Å². The van der Waals surface area contributed by atoms with Gasteiger partial charge in [-0.25, -0.2) is 4.39 Å². The predicted octanol–water partition coefficient (Wildman–Crippen LogP) is 3.11. The summed E-state index contributed by atoms with van der Waals surface area (Å²) in [4.78, 5) is 0. The Morgan fingerprint density at radius 3 is 2.29 bits per heavy atom. The van der Waals surface area contributed by atoms with E-state index in [0.717, 1.165) is 12.1 Å². The van der Waals surface area contributed by atoms with Crippen LogP contribution in [0, 0.1) is 0 Å². The molecule has 0 aliphatic heterocycles. The fourth-order valence-electron chi connectivity index (χ4n) is 1.21. The molecule has 0 saturated carbocycles. The summed E-state index contributed by atoms with van der Waals surface area (Å²) >= 11 is 0. The molecule has 0 amide bonds. The van der Waals surface area contributed by atoms with Crippen LogP contribution in [-0.2, 0) is 6.18 Å². The lowest BCUT2D eigenvalue weighted by Gasteiger charge is -2.14. The lowest BCUT2D eigenvalue weighted by Crippen LogP contribution is -2.14. The van der Waals surface area contributed by atoms with Gasteiger partial charge >= 0.3 is 6.18 Å². The molecule has 0 fully saturated rings. The van der Waals surface area contributed by atoms with Crippen LogP contribution in [0.4, 0.5) is 17.6 Å². The largest absolute Gasteiger partial charge is 0.497 e. The van der Waals surface area contributed by atoms with Crippen molar-refractivity contribution in [2.24, 2.45) is 5.73 Å². The summed E-state index contributed by atoms with van der Waals surface area (Å²) in [6, 6.07) is 1.89. The van der Waals surface area contributed by atoms with E-state index in [1.165, 1.54) is 13.2 Å². The Labute approximate surface area is 102 Å². The van der Waals surface area contributed by atoms with Crippen LogP contribution in [0.1, 0.15) is 17.2 Å². The molecule has 0 aliphatic carbocycles. The second-order valence-corrected chi connectivity index (χ2v) is 3.25. The maximum absolute atomic E-state index is 12.5. The Bertz CT molecular complexity index is 370. The average Bonchev–Trinajstić information content (AvgIpc) is 2.26. The summed E-state index contributed by atoms with van der Waals surface area (Å²) in [5, 5.41) is 0. The SMILES string of the molecule is COc1cc([C@@H](N)CF)cc(C(F)(F)F)c1.Cl. The van der Waals surface area contributed by atoms with Gasteiger partial charge < -0.3 is 10.5 Å². The van der Waals surface area contributed by atoms with Crippen molar-refractivity contribution >= 4 is 12.4 Å². The third kappa shape index (κ3) is 4.05. The minimum absolute atomic E-state index is 0. The van der Waals surface area contributed by atoms with E-state index in [-0.39, 0.29) is 23.7 Å². The van der Waals surface area contributed by atoms with Gasteiger partial charge in [0.1, 0.15) is 12.4 Å². The number of nitrogens with two attached hydrogens (primary N) is 1. The number of halogens is 5. The molecule has 0 unspecified atom stereocenters. The zero-order valence-corrected chi connectivity index (χ0v) is 9.74. The summed E-state index contributed by atoms with van der Waals surface area (Å²) in [6.07, 6.45) is -4.50. The fourth-order valence-corrected chi connectivity index (χ4v) is 1.21. The van der Waals surface area contributed by atoms with Crippen molar-refractivity contribution in [2.75, 3.05) is 13.8 Å². The van der Waals surface area contributed by atoms with Gasteiger partial charge in [0.05, 0.1) is 18.7 Å². The number of hydrogen-bond acceptors (Lipinski definition) is 2. The molecule has 17 heavy (non-hydrogen) atoms. The maximum Gasteiger partial charge on any atom is 0.416 e. The predicted molar refractivity (Wildman–Crippen MR) is 58.1 cm³/mol. The van der Waals surface area contributed by atoms with Crippen LogP contribution >= 0.6 is 12.4 Å². The Balaban J connectivity index is 0.00000256. The molecule has 0 saturated heterocycles. The van der Waals surface area contributed by atoms with Gasteiger partial charge in [0.15, 0.2) is 0 Å². The third-order valence-corrected chi connectivity index (χ3v) is 2.09. The van der Waals surface area contributed by atoms with Gasteiger partial charge in [0.25, 0.3) is 0 Å². The van der Waals surface area contributed by atoms with Crippen molar-refractivity contribution in [2.45, 2.75) is 12.2 Å². The molecule has 1 rings (SSSR count). The highest BCUT2D eigenvalue weighted by Gasteiger charge is 2.31. The molecule has 2 N–H and O–H groups in total. The molecule has 0 radical (unpaired) electrons. The molecule has 0 aliphatic rings. The topological polar surface area (TPSA) is 35.2 Å². The van der Waals surface area contributed by atoms with E-state index in [9.17, 15) is 17.6 Å². The minimum Gasteiger partial charge on any atom is -0.497 e. The molecule has 0 spiro atoms.